The smallest absolute Gasteiger partial charge is 0.240 e. The molecule has 6 heteroatoms. The third kappa shape index (κ3) is 4.66. The average molecular weight is 338 g/mol. The van der Waals surface area contributed by atoms with E-state index in [4.69, 9.17) is 16.9 Å². The molecule has 1 saturated heterocycles. The molecule has 1 aliphatic rings. The summed E-state index contributed by atoms with van der Waals surface area (Å²) in [6.45, 7) is 5.44. The minimum atomic E-state index is -1.03. The number of nitriles is 1. The summed E-state index contributed by atoms with van der Waals surface area (Å²) in [5.74, 6) is -0.590. The molecule has 1 amide bonds. The summed E-state index contributed by atoms with van der Waals surface area (Å²) < 4.78 is 13.1. The van der Waals surface area contributed by atoms with Gasteiger partial charge in [0.2, 0.25) is 5.91 Å². The van der Waals surface area contributed by atoms with Crippen LogP contribution in [0.15, 0.2) is 18.2 Å². The molecule has 0 bridgehead atoms. The second-order valence-electron chi connectivity index (χ2n) is 6.52. The largest absolute Gasteiger partial charge is 0.351 e. The highest BCUT2D eigenvalue weighted by Gasteiger charge is 2.30. The van der Waals surface area contributed by atoms with Crippen molar-refractivity contribution < 1.29 is 9.18 Å². The molecule has 0 unspecified atom stereocenters. The van der Waals surface area contributed by atoms with Crippen molar-refractivity contribution in [1.29, 1.82) is 5.26 Å². The zero-order valence-corrected chi connectivity index (χ0v) is 14.2. The van der Waals surface area contributed by atoms with Crippen LogP contribution in [-0.4, -0.2) is 29.9 Å². The molecule has 1 heterocycles. The summed E-state index contributed by atoms with van der Waals surface area (Å²) in [6, 6.07) is 6.44. The van der Waals surface area contributed by atoms with E-state index in [-0.39, 0.29) is 17.8 Å². The van der Waals surface area contributed by atoms with Gasteiger partial charge in [0.25, 0.3) is 0 Å². The molecule has 2 rings (SSSR count). The Morgan fingerprint density at radius 2 is 2.30 bits per heavy atom. The quantitative estimate of drug-likeness (QED) is 0.918. The van der Waals surface area contributed by atoms with E-state index < -0.39 is 5.41 Å². The number of hydrogen-bond donors (Lipinski definition) is 1. The van der Waals surface area contributed by atoms with Crippen LogP contribution in [0.4, 0.5) is 4.39 Å². The van der Waals surface area contributed by atoms with Gasteiger partial charge in [0.15, 0.2) is 0 Å². The first kappa shape index (κ1) is 17.7. The van der Waals surface area contributed by atoms with Crippen LogP contribution in [0.2, 0.25) is 5.02 Å². The van der Waals surface area contributed by atoms with Crippen LogP contribution < -0.4 is 5.32 Å². The van der Waals surface area contributed by atoms with Crippen molar-refractivity contribution in [2.24, 2.45) is 5.41 Å². The molecule has 0 spiro atoms. The lowest BCUT2D eigenvalue weighted by Crippen LogP contribution is -2.50. The van der Waals surface area contributed by atoms with Gasteiger partial charge in [-0.3, -0.25) is 9.69 Å². The molecule has 0 aliphatic carbocycles. The molecule has 1 atom stereocenters. The molecular formula is C17H21ClFN3O. The summed E-state index contributed by atoms with van der Waals surface area (Å²) in [5.41, 5.74) is -0.153. The van der Waals surface area contributed by atoms with Gasteiger partial charge in [0.05, 0.1) is 6.07 Å². The van der Waals surface area contributed by atoms with Gasteiger partial charge in [-0.25, -0.2) is 4.39 Å². The van der Waals surface area contributed by atoms with Gasteiger partial charge in [-0.2, -0.15) is 5.26 Å². The van der Waals surface area contributed by atoms with Gasteiger partial charge >= 0.3 is 0 Å². The number of nitrogens with one attached hydrogen (secondary N) is 1. The van der Waals surface area contributed by atoms with Crippen molar-refractivity contribution >= 4 is 17.5 Å². The molecule has 0 radical (unpaired) electrons. The Morgan fingerprint density at radius 3 is 2.96 bits per heavy atom. The maximum atomic E-state index is 13.1. The van der Waals surface area contributed by atoms with E-state index in [1.54, 1.807) is 19.9 Å². The predicted molar refractivity (Wildman–Crippen MR) is 87.2 cm³/mol. The summed E-state index contributed by atoms with van der Waals surface area (Å²) in [6.07, 6.45) is 1.84. The molecule has 4 nitrogen and oxygen atoms in total. The summed E-state index contributed by atoms with van der Waals surface area (Å²) in [5, 5.41) is 12.4. The number of nitrogens with zero attached hydrogens (tertiary/aromatic N) is 2. The third-order valence-electron chi connectivity index (χ3n) is 4.10. The van der Waals surface area contributed by atoms with Crippen LogP contribution in [0.25, 0.3) is 0 Å². The summed E-state index contributed by atoms with van der Waals surface area (Å²) in [7, 11) is 0. The summed E-state index contributed by atoms with van der Waals surface area (Å²) >= 11 is 6.08. The molecule has 1 aliphatic heterocycles. The number of hydrogen-bond acceptors (Lipinski definition) is 3. The standard InChI is InChI=1S/C17H21ClFN3O/c1-17(2,11-20)16(23)21-14-4-3-7-22(10-14)9-12-5-6-13(19)8-15(12)18/h5-6,8,14H,3-4,7,9-10H2,1-2H3,(H,21,23)/t14-/m1/s1. The molecule has 124 valence electrons. The minimum absolute atomic E-state index is 0.0168. The van der Waals surface area contributed by atoms with Crippen LogP contribution in [-0.2, 0) is 11.3 Å². The average Bonchev–Trinajstić information content (AvgIpc) is 2.50. The Kier molecular flexibility index (Phi) is 5.61. The first-order chi connectivity index (χ1) is 10.8. The van der Waals surface area contributed by atoms with Crippen LogP contribution in [0, 0.1) is 22.6 Å². The van der Waals surface area contributed by atoms with Crippen molar-refractivity contribution in [2.75, 3.05) is 13.1 Å². The van der Waals surface area contributed by atoms with Gasteiger partial charge in [-0.1, -0.05) is 17.7 Å². The van der Waals surface area contributed by atoms with E-state index in [0.29, 0.717) is 18.1 Å². The lowest BCUT2D eigenvalue weighted by atomic mass is 9.93. The fraction of sp³-hybridized carbons (Fsp3) is 0.529. The molecule has 1 fully saturated rings. The van der Waals surface area contributed by atoms with Crippen LogP contribution in [0.1, 0.15) is 32.3 Å². The highest BCUT2D eigenvalue weighted by molar-refractivity contribution is 6.31. The minimum Gasteiger partial charge on any atom is -0.351 e. The molecular weight excluding hydrogens is 317 g/mol. The van der Waals surface area contributed by atoms with Gasteiger partial charge in [-0.05, 0) is 50.9 Å². The highest BCUT2D eigenvalue weighted by Crippen LogP contribution is 2.22. The lowest BCUT2D eigenvalue weighted by Gasteiger charge is -2.34. The lowest BCUT2D eigenvalue weighted by molar-refractivity contribution is -0.127. The Morgan fingerprint density at radius 1 is 1.57 bits per heavy atom. The van der Waals surface area contributed by atoms with E-state index in [0.717, 1.165) is 24.9 Å². The predicted octanol–water partition coefficient (Wildman–Crippen LogP) is 3.11. The van der Waals surface area contributed by atoms with Crippen molar-refractivity contribution in [3.63, 3.8) is 0 Å². The monoisotopic (exact) mass is 337 g/mol. The van der Waals surface area contributed by atoms with Crippen LogP contribution in [0.5, 0.6) is 0 Å². The number of piperidine rings is 1. The van der Waals surface area contributed by atoms with Crippen LogP contribution >= 0.6 is 11.6 Å². The molecule has 1 N–H and O–H groups in total. The number of halogens is 2. The molecule has 1 aromatic carbocycles. The van der Waals surface area contributed by atoms with Gasteiger partial charge in [-0.15, -0.1) is 0 Å². The first-order valence-electron chi connectivity index (χ1n) is 7.70. The van der Waals surface area contributed by atoms with E-state index in [9.17, 15) is 9.18 Å². The Labute approximate surface area is 141 Å². The Balaban J connectivity index is 1.96. The van der Waals surface area contributed by atoms with Gasteiger partial charge < -0.3 is 5.32 Å². The van der Waals surface area contributed by atoms with E-state index in [2.05, 4.69) is 10.2 Å². The number of benzene rings is 1. The highest BCUT2D eigenvalue weighted by atomic mass is 35.5. The van der Waals surface area contributed by atoms with Gasteiger partial charge in [0, 0.05) is 24.2 Å². The normalized spacial score (nSPS) is 19.2. The third-order valence-corrected chi connectivity index (χ3v) is 4.45. The Hall–Kier alpha value is -1.64. The fourth-order valence-corrected chi connectivity index (χ4v) is 2.85. The number of likely N-dealkylation sites (tertiary alicyclic amines) is 1. The van der Waals surface area contributed by atoms with Crippen LogP contribution in [0.3, 0.4) is 0 Å². The zero-order valence-electron chi connectivity index (χ0n) is 13.4. The first-order valence-corrected chi connectivity index (χ1v) is 8.08. The van der Waals surface area contributed by atoms with Crippen molar-refractivity contribution in [2.45, 2.75) is 39.3 Å². The molecule has 1 aromatic rings. The maximum absolute atomic E-state index is 13.1. The topological polar surface area (TPSA) is 56.1 Å². The maximum Gasteiger partial charge on any atom is 0.240 e. The number of rotatable bonds is 4. The van der Waals surface area contributed by atoms with Crippen molar-refractivity contribution in [1.82, 2.24) is 10.2 Å². The summed E-state index contributed by atoms with van der Waals surface area (Å²) in [4.78, 5) is 14.3. The number of amides is 1. The molecule has 23 heavy (non-hydrogen) atoms. The Bertz CT molecular complexity index is 627. The molecule has 0 saturated carbocycles. The van der Waals surface area contributed by atoms with Crippen molar-refractivity contribution in [3.05, 3.63) is 34.6 Å². The van der Waals surface area contributed by atoms with E-state index >= 15 is 0 Å². The zero-order chi connectivity index (χ0) is 17.0. The van der Waals surface area contributed by atoms with E-state index in [1.165, 1.54) is 12.1 Å². The second kappa shape index (κ2) is 7.29. The fourth-order valence-electron chi connectivity index (χ4n) is 2.62. The SMILES string of the molecule is CC(C)(C#N)C(=O)N[C@@H]1CCCN(Cc2ccc(F)cc2Cl)C1. The molecule has 0 aromatic heterocycles. The van der Waals surface area contributed by atoms with E-state index in [1.807, 2.05) is 6.07 Å². The van der Waals surface area contributed by atoms with Crippen molar-refractivity contribution in [3.8, 4) is 6.07 Å². The second-order valence-corrected chi connectivity index (χ2v) is 6.93. The van der Waals surface area contributed by atoms with Gasteiger partial charge in [0.1, 0.15) is 11.2 Å². The number of carbonyl (C=O) groups is 1. The number of carbonyl (C=O) groups excluding carboxylic acids is 1.